The van der Waals surface area contributed by atoms with E-state index in [2.05, 4.69) is 31.8 Å². The van der Waals surface area contributed by atoms with Crippen LogP contribution in [0.15, 0.2) is 82.4 Å². The Kier molecular flexibility index (Phi) is 9.43. The second kappa shape index (κ2) is 12.7. The topological polar surface area (TPSA) is 89.0 Å². The fourth-order valence-electron chi connectivity index (χ4n) is 3.21. The van der Waals surface area contributed by atoms with Crippen LogP contribution in [0.4, 0.5) is 0 Å². The lowest BCUT2D eigenvalue weighted by molar-refractivity contribution is -0.123. The highest BCUT2D eigenvalue weighted by Crippen LogP contribution is 2.28. The molecule has 35 heavy (non-hydrogen) atoms. The fraction of sp³-hybridized carbons (Fsp3) is 0.222. The number of amides is 2. The average Bonchev–Trinajstić information content (AvgIpc) is 2.87. The molecular weight excluding hydrogens is 510 g/mol. The van der Waals surface area contributed by atoms with Gasteiger partial charge in [-0.2, -0.15) is 5.10 Å². The molecule has 0 radical (unpaired) electrons. The van der Waals surface area contributed by atoms with Crippen LogP contribution in [0.2, 0.25) is 0 Å². The van der Waals surface area contributed by atoms with E-state index in [1.165, 1.54) is 6.21 Å². The van der Waals surface area contributed by atoms with E-state index in [0.717, 1.165) is 10.0 Å². The van der Waals surface area contributed by atoms with Crippen LogP contribution >= 0.6 is 15.9 Å². The van der Waals surface area contributed by atoms with Crippen LogP contribution in [0.25, 0.3) is 0 Å². The number of ether oxygens (including phenoxy) is 2. The van der Waals surface area contributed by atoms with E-state index in [4.69, 9.17) is 9.47 Å². The molecule has 2 amide bonds. The van der Waals surface area contributed by atoms with Crippen molar-refractivity contribution in [3.63, 3.8) is 0 Å². The third-order valence-corrected chi connectivity index (χ3v) is 5.68. The van der Waals surface area contributed by atoms with Crippen molar-refractivity contribution in [3.8, 4) is 11.5 Å². The molecule has 3 aromatic rings. The van der Waals surface area contributed by atoms with E-state index >= 15 is 0 Å². The number of nitrogens with zero attached hydrogens (tertiary/aromatic N) is 1. The van der Waals surface area contributed by atoms with Gasteiger partial charge in [0.1, 0.15) is 12.6 Å². The van der Waals surface area contributed by atoms with E-state index in [-0.39, 0.29) is 11.8 Å². The smallest absolute Gasteiger partial charge is 0.262 e. The zero-order chi connectivity index (χ0) is 25.2. The molecule has 0 saturated heterocycles. The lowest BCUT2D eigenvalue weighted by atomic mass is 10.0. The van der Waals surface area contributed by atoms with Crippen LogP contribution in [0, 0.1) is 5.92 Å². The lowest BCUT2D eigenvalue weighted by Crippen LogP contribution is -2.48. The fourth-order valence-corrected chi connectivity index (χ4v) is 3.48. The summed E-state index contributed by atoms with van der Waals surface area (Å²) in [6, 6.07) is 21.3. The SMILES string of the molecule is COc1cc(C=NNC(=O)C(NC(=O)c2ccccc2)C(C)C)ccc1OCc1ccc(Br)cc1. The van der Waals surface area contributed by atoms with Crippen molar-refractivity contribution in [2.45, 2.75) is 26.5 Å². The van der Waals surface area contributed by atoms with Crippen molar-refractivity contribution in [2.75, 3.05) is 7.11 Å². The highest BCUT2D eigenvalue weighted by atomic mass is 79.9. The van der Waals surface area contributed by atoms with Crippen molar-refractivity contribution >= 4 is 34.0 Å². The van der Waals surface area contributed by atoms with E-state index in [0.29, 0.717) is 29.2 Å². The molecular formula is C27H28BrN3O4. The second-order valence-corrected chi connectivity index (χ2v) is 9.04. The molecule has 8 heteroatoms. The maximum atomic E-state index is 12.7. The number of hydrogen-bond donors (Lipinski definition) is 2. The van der Waals surface area contributed by atoms with E-state index in [1.54, 1.807) is 43.5 Å². The Labute approximate surface area is 213 Å². The molecule has 0 aliphatic carbocycles. The third kappa shape index (κ3) is 7.68. The summed E-state index contributed by atoms with van der Waals surface area (Å²) >= 11 is 3.42. The molecule has 7 nitrogen and oxygen atoms in total. The molecule has 0 fully saturated rings. The molecule has 0 aliphatic rings. The highest BCUT2D eigenvalue weighted by molar-refractivity contribution is 9.10. The van der Waals surface area contributed by atoms with E-state index < -0.39 is 11.9 Å². The van der Waals surface area contributed by atoms with Gasteiger partial charge in [0.05, 0.1) is 13.3 Å². The molecule has 3 aromatic carbocycles. The van der Waals surface area contributed by atoms with E-state index in [9.17, 15) is 9.59 Å². The summed E-state index contributed by atoms with van der Waals surface area (Å²) in [5, 5.41) is 6.83. The number of hydrogen-bond acceptors (Lipinski definition) is 5. The molecule has 0 aromatic heterocycles. The van der Waals surface area contributed by atoms with Gasteiger partial charge in [0.25, 0.3) is 11.8 Å². The molecule has 0 bridgehead atoms. The number of rotatable bonds is 10. The molecule has 0 heterocycles. The van der Waals surface area contributed by atoms with Gasteiger partial charge in [-0.1, -0.05) is 60.1 Å². The Morgan fingerprint density at radius 3 is 2.37 bits per heavy atom. The summed E-state index contributed by atoms with van der Waals surface area (Å²) in [5.74, 6) is 0.307. The average molecular weight is 538 g/mol. The maximum absolute atomic E-state index is 12.7. The quantitative estimate of drug-likeness (QED) is 0.283. The number of methoxy groups -OCH3 is 1. The zero-order valence-corrected chi connectivity index (χ0v) is 21.4. The molecule has 0 spiro atoms. The van der Waals surface area contributed by atoms with Gasteiger partial charge >= 0.3 is 0 Å². The minimum atomic E-state index is -0.733. The highest BCUT2D eigenvalue weighted by Gasteiger charge is 2.24. The van der Waals surface area contributed by atoms with Crippen molar-refractivity contribution in [2.24, 2.45) is 11.0 Å². The Morgan fingerprint density at radius 2 is 1.71 bits per heavy atom. The monoisotopic (exact) mass is 537 g/mol. The van der Waals surface area contributed by atoms with Gasteiger partial charge in [-0.25, -0.2) is 5.43 Å². The second-order valence-electron chi connectivity index (χ2n) is 8.12. The number of halogens is 1. The van der Waals surface area contributed by atoms with Crippen LogP contribution in [-0.2, 0) is 11.4 Å². The summed E-state index contributed by atoms with van der Waals surface area (Å²) in [6.45, 7) is 4.12. The summed E-state index contributed by atoms with van der Waals surface area (Å²) in [4.78, 5) is 25.1. The molecule has 0 aliphatic heterocycles. The normalized spacial score (nSPS) is 11.8. The first-order chi connectivity index (χ1) is 16.9. The summed E-state index contributed by atoms with van der Waals surface area (Å²) < 4.78 is 12.3. The first-order valence-electron chi connectivity index (χ1n) is 11.1. The number of carbonyl (C=O) groups is 2. The number of benzene rings is 3. The maximum Gasteiger partial charge on any atom is 0.262 e. The van der Waals surface area contributed by atoms with E-state index in [1.807, 2.05) is 50.2 Å². The summed E-state index contributed by atoms with van der Waals surface area (Å²) in [5.41, 5.74) is 4.75. The summed E-state index contributed by atoms with van der Waals surface area (Å²) in [6.07, 6.45) is 1.51. The first-order valence-corrected chi connectivity index (χ1v) is 11.9. The van der Waals surface area contributed by atoms with Crippen LogP contribution < -0.4 is 20.2 Å². The van der Waals surface area contributed by atoms with Gasteiger partial charge in [0.2, 0.25) is 0 Å². The predicted octanol–water partition coefficient (Wildman–Crippen LogP) is 4.94. The van der Waals surface area contributed by atoms with Crippen molar-refractivity contribution in [1.29, 1.82) is 0 Å². The third-order valence-electron chi connectivity index (χ3n) is 5.16. The summed E-state index contributed by atoms with van der Waals surface area (Å²) in [7, 11) is 1.56. The molecule has 182 valence electrons. The van der Waals surface area contributed by atoms with Crippen molar-refractivity contribution in [3.05, 3.63) is 94.0 Å². The first kappa shape index (κ1) is 26.0. The Morgan fingerprint density at radius 1 is 1.00 bits per heavy atom. The van der Waals surface area contributed by atoms with Crippen LogP contribution in [-0.4, -0.2) is 31.2 Å². The van der Waals surface area contributed by atoms with Crippen molar-refractivity contribution in [1.82, 2.24) is 10.7 Å². The Hall–Kier alpha value is -3.65. The minimum Gasteiger partial charge on any atom is -0.493 e. The van der Waals surface area contributed by atoms with Gasteiger partial charge in [0, 0.05) is 10.0 Å². The molecule has 3 rings (SSSR count). The molecule has 1 atom stereocenters. The largest absolute Gasteiger partial charge is 0.493 e. The molecule has 0 saturated carbocycles. The van der Waals surface area contributed by atoms with Crippen LogP contribution in [0.1, 0.15) is 35.3 Å². The number of hydrazone groups is 1. The van der Waals surface area contributed by atoms with Gasteiger partial charge in [0.15, 0.2) is 11.5 Å². The number of nitrogens with one attached hydrogen (secondary N) is 2. The predicted molar refractivity (Wildman–Crippen MR) is 140 cm³/mol. The standard InChI is InChI=1S/C27H28BrN3O4/c1-18(2)25(30-26(32)21-7-5-4-6-8-21)27(33)31-29-16-20-11-14-23(24(15-20)34-3)35-17-19-9-12-22(28)13-10-19/h4-16,18,25H,17H2,1-3H3,(H,30,32)(H,31,33). The minimum absolute atomic E-state index is 0.125. The van der Waals surface area contributed by atoms with Gasteiger partial charge < -0.3 is 14.8 Å². The Balaban J connectivity index is 1.60. The van der Waals surface area contributed by atoms with Gasteiger partial charge in [-0.05, 0) is 59.5 Å². The van der Waals surface area contributed by atoms with Gasteiger partial charge in [-0.15, -0.1) is 0 Å². The molecule has 1 unspecified atom stereocenters. The molecule has 2 N–H and O–H groups in total. The van der Waals surface area contributed by atoms with Crippen molar-refractivity contribution < 1.29 is 19.1 Å². The lowest BCUT2D eigenvalue weighted by Gasteiger charge is -2.20. The zero-order valence-electron chi connectivity index (χ0n) is 19.8. The Bertz CT molecular complexity index is 1160. The number of carbonyl (C=O) groups excluding carboxylic acids is 2. The van der Waals surface area contributed by atoms with Crippen LogP contribution in [0.5, 0.6) is 11.5 Å². The van der Waals surface area contributed by atoms with Crippen LogP contribution in [0.3, 0.4) is 0 Å². The van der Waals surface area contributed by atoms with Gasteiger partial charge in [-0.3, -0.25) is 9.59 Å².